The highest BCUT2D eigenvalue weighted by molar-refractivity contribution is 7.13. The lowest BCUT2D eigenvalue weighted by molar-refractivity contribution is -0.153. The zero-order valence-electron chi connectivity index (χ0n) is 15.1. The number of hydrogen-bond donors (Lipinski definition) is 1. The molecule has 0 fully saturated rings. The molecule has 1 amide bonds. The second-order valence-electron chi connectivity index (χ2n) is 5.81. The molecule has 0 aliphatic carbocycles. The lowest BCUT2D eigenvalue weighted by Crippen LogP contribution is -2.19. The van der Waals surface area contributed by atoms with E-state index in [2.05, 4.69) is 10.1 Å². The molecule has 0 atom stereocenters. The first-order valence-corrected chi connectivity index (χ1v) is 9.39. The number of oxime groups is 1. The first kappa shape index (κ1) is 20.0. The van der Waals surface area contributed by atoms with Gasteiger partial charge in [-0.25, -0.2) is 9.78 Å². The average Bonchev–Trinajstić information content (AvgIpc) is 3.16. The summed E-state index contributed by atoms with van der Waals surface area (Å²) in [6, 6.07) is 18.6. The normalized spacial score (nSPS) is 11.3. The second kappa shape index (κ2) is 9.47. The van der Waals surface area contributed by atoms with Gasteiger partial charge in [0.1, 0.15) is 5.82 Å². The molecule has 0 aliphatic rings. The average molecular weight is 409 g/mol. The first-order valence-electron chi connectivity index (χ1n) is 8.51. The monoisotopic (exact) mass is 409 g/mol. The molecule has 3 rings (SSSR count). The number of ether oxygens (including phenoxy) is 1. The molecule has 0 saturated carbocycles. The third-order valence-corrected chi connectivity index (χ3v) is 4.60. The van der Waals surface area contributed by atoms with Crippen LogP contribution in [-0.2, 0) is 19.2 Å². The number of anilines is 1. The Balaban J connectivity index is 1.70. The van der Waals surface area contributed by atoms with Crippen LogP contribution in [0.1, 0.15) is 22.2 Å². The van der Waals surface area contributed by atoms with E-state index in [0.717, 1.165) is 22.5 Å². The van der Waals surface area contributed by atoms with Gasteiger partial charge in [-0.05, 0) is 11.1 Å². The van der Waals surface area contributed by atoms with Crippen molar-refractivity contribution in [1.82, 2.24) is 10.7 Å². The Morgan fingerprint density at radius 2 is 1.66 bits per heavy atom. The highest BCUT2D eigenvalue weighted by Crippen LogP contribution is 2.26. The minimum Gasteiger partial charge on any atom is -0.450 e. The number of aromatic nitrogens is 1. The van der Waals surface area contributed by atoms with Crippen LogP contribution in [0.3, 0.4) is 0 Å². The van der Waals surface area contributed by atoms with Gasteiger partial charge in [0, 0.05) is 5.38 Å². The van der Waals surface area contributed by atoms with E-state index >= 15 is 0 Å². The van der Waals surface area contributed by atoms with Crippen LogP contribution in [0.25, 0.3) is 0 Å². The van der Waals surface area contributed by atoms with Crippen molar-refractivity contribution in [3.63, 3.8) is 0 Å². The molecule has 3 aromatic rings. The molecule has 1 radical (unpaired) electrons. The zero-order valence-corrected chi connectivity index (χ0v) is 16.0. The fraction of sp³-hybridized carbons (Fsp3) is 0.100. The number of amides is 1. The quantitative estimate of drug-likeness (QED) is 0.346. The number of thiazole rings is 1. The summed E-state index contributed by atoms with van der Waals surface area (Å²) in [7, 11) is 0. The number of benzene rings is 2. The molecule has 0 saturated heterocycles. The maximum absolute atomic E-state index is 12.3. The minimum atomic E-state index is -1.10. The van der Waals surface area contributed by atoms with Gasteiger partial charge < -0.3 is 15.3 Å². The first-order chi connectivity index (χ1) is 14.0. The molecule has 147 valence electrons. The lowest BCUT2D eigenvalue weighted by Gasteiger charge is -2.18. The zero-order chi connectivity index (χ0) is 20.6. The van der Waals surface area contributed by atoms with Crippen molar-refractivity contribution >= 4 is 34.7 Å². The van der Waals surface area contributed by atoms with E-state index in [-0.39, 0.29) is 16.5 Å². The summed E-state index contributed by atoms with van der Waals surface area (Å²) in [5.41, 5.74) is 14.1. The van der Waals surface area contributed by atoms with Crippen LogP contribution in [0.2, 0.25) is 0 Å². The molecule has 9 heteroatoms. The van der Waals surface area contributed by atoms with Crippen molar-refractivity contribution in [1.29, 1.82) is 0 Å². The third-order valence-electron chi connectivity index (χ3n) is 3.73. The van der Waals surface area contributed by atoms with Crippen LogP contribution in [0.4, 0.5) is 5.82 Å². The second-order valence-corrected chi connectivity index (χ2v) is 6.67. The van der Waals surface area contributed by atoms with Crippen molar-refractivity contribution in [3.05, 3.63) is 82.2 Å². The Morgan fingerprint density at radius 1 is 1.07 bits per heavy atom. The summed E-state index contributed by atoms with van der Waals surface area (Å²) >= 11 is 1.05. The van der Waals surface area contributed by atoms with Crippen LogP contribution in [0, 0.1) is 0 Å². The van der Waals surface area contributed by atoms with Gasteiger partial charge in [-0.3, -0.25) is 10.5 Å². The molecule has 2 aromatic carbocycles. The predicted octanol–water partition coefficient (Wildman–Crippen LogP) is 2.59. The predicted molar refractivity (Wildman–Crippen MR) is 108 cm³/mol. The fourth-order valence-electron chi connectivity index (χ4n) is 2.47. The standard InChI is InChI=1S/C20H17N4O4S/c21-15-12-29-20(23-15)17(19(22)26)24-27-11-16(25)28-18(13-7-3-1-4-8-13)14-9-5-2-6-10-14/h1-10,12,18,22H,11,21H2/b24-17+. The highest BCUT2D eigenvalue weighted by atomic mass is 32.1. The van der Waals surface area contributed by atoms with E-state index < -0.39 is 24.6 Å². The maximum Gasteiger partial charge on any atom is 0.347 e. The Kier molecular flexibility index (Phi) is 6.54. The Morgan fingerprint density at radius 3 is 2.14 bits per heavy atom. The number of nitrogens with two attached hydrogens (primary N) is 1. The number of carbonyl (C=O) groups excluding carboxylic acids is 2. The number of carbonyl (C=O) groups is 2. The Bertz CT molecular complexity index is 966. The summed E-state index contributed by atoms with van der Waals surface area (Å²) in [6.07, 6.45) is -0.617. The van der Waals surface area contributed by atoms with Crippen LogP contribution in [0.15, 0.2) is 71.2 Å². The smallest absolute Gasteiger partial charge is 0.347 e. The van der Waals surface area contributed by atoms with Crippen molar-refractivity contribution in [2.75, 3.05) is 12.3 Å². The molecule has 1 heterocycles. The van der Waals surface area contributed by atoms with E-state index in [1.807, 2.05) is 60.7 Å². The molecular formula is C20H17N4O4S. The van der Waals surface area contributed by atoms with Crippen LogP contribution in [-0.4, -0.2) is 29.2 Å². The summed E-state index contributed by atoms with van der Waals surface area (Å²) in [5.74, 6) is -1.58. The van der Waals surface area contributed by atoms with Gasteiger partial charge in [-0.2, -0.15) is 0 Å². The van der Waals surface area contributed by atoms with Gasteiger partial charge in [0.15, 0.2) is 11.1 Å². The number of hydrogen-bond acceptors (Lipinski definition) is 8. The minimum absolute atomic E-state index is 0.141. The molecule has 0 bridgehead atoms. The van der Waals surface area contributed by atoms with Gasteiger partial charge >= 0.3 is 5.97 Å². The van der Waals surface area contributed by atoms with E-state index in [0.29, 0.717) is 0 Å². The summed E-state index contributed by atoms with van der Waals surface area (Å²) in [6.45, 7) is -0.534. The van der Waals surface area contributed by atoms with Gasteiger partial charge in [0.2, 0.25) is 12.3 Å². The van der Waals surface area contributed by atoms with Crippen molar-refractivity contribution in [2.45, 2.75) is 6.10 Å². The van der Waals surface area contributed by atoms with Crippen LogP contribution >= 0.6 is 11.3 Å². The molecular weight excluding hydrogens is 392 g/mol. The van der Waals surface area contributed by atoms with Gasteiger partial charge in [0.25, 0.3) is 5.91 Å². The number of rotatable bonds is 8. The number of nitrogens with zero attached hydrogens (tertiary/aromatic N) is 2. The highest BCUT2D eigenvalue weighted by Gasteiger charge is 2.20. The Labute approximate surface area is 170 Å². The van der Waals surface area contributed by atoms with Crippen molar-refractivity contribution in [3.8, 4) is 0 Å². The number of nitrogen functional groups attached to an aromatic ring is 1. The number of esters is 1. The molecule has 29 heavy (non-hydrogen) atoms. The van der Waals surface area contributed by atoms with Gasteiger partial charge in [-0.1, -0.05) is 65.8 Å². The maximum atomic E-state index is 12.3. The molecule has 0 unspecified atom stereocenters. The molecule has 3 N–H and O–H groups in total. The topological polar surface area (TPSA) is 128 Å². The third kappa shape index (κ3) is 5.39. The van der Waals surface area contributed by atoms with E-state index in [9.17, 15) is 9.59 Å². The van der Waals surface area contributed by atoms with Gasteiger partial charge in [-0.15, -0.1) is 11.3 Å². The van der Waals surface area contributed by atoms with Crippen LogP contribution in [0.5, 0.6) is 0 Å². The lowest BCUT2D eigenvalue weighted by atomic mass is 10.0. The van der Waals surface area contributed by atoms with E-state index in [1.165, 1.54) is 5.38 Å². The summed E-state index contributed by atoms with van der Waals surface area (Å²) in [4.78, 5) is 32.6. The van der Waals surface area contributed by atoms with E-state index in [4.69, 9.17) is 21.0 Å². The molecule has 0 spiro atoms. The Hall–Kier alpha value is -3.72. The molecule has 8 nitrogen and oxygen atoms in total. The summed E-state index contributed by atoms with van der Waals surface area (Å²) in [5, 5.41) is 5.22. The fourth-order valence-corrected chi connectivity index (χ4v) is 3.16. The molecule has 0 aliphatic heterocycles. The van der Waals surface area contributed by atoms with E-state index in [1.54, 1.807) is 0 Å². The van der Waals surface area contributed by atoms with Crippen molar-refractivity contribution in [2.24, 2.45) is 5.16 Å². The van der Waals surface area contributed by atoms with Crippen molar-refractivity contribution < 1.29 is 19.2 Å². The van der Waals surface area contributed by atoms with Gasteiger partial charge in [0.05, 0.1) is 0 Å². The SMILES string of the molecule is [NH]C(=O)/C(=N\OCC(=O)OC(c1ccccc1)c1ccccc1)c1nc(N)cs1. The largest absolute Gasteiger partial charge is 0.450 e. The summed E-state index contributed by atoms with van der Waals surface area (Å²) < 4.78 is 5.58. The van der Waals surface area contributed by atoms with Crippen LogP contribution < -0.4 is 11.5 Å². The number of nitrogens with one attached hydrogen (secondary N) is 1. The molecule has 1 aromatic heterocycles.